The molecule has 0 bridgehead atoms. The van der Waals surface area contributed by atoms with E-state index in [0.717, 1.165) is 16.7 Å². The molecule has 0 unspecified atom stereocenters. The van der Waals surface area contributed by atoms with Gasteiger partial charge in [0, 0.05) is 13.1 Å². The van der Waals surface area contributed by atoms with Gasteiger partial charge in [0.25, 0.3) is 0 Å². The Balaban J connectivity index is 1.91. The monoisotopic (exact) mass is 270 g/mol. The van der Waals surface area contributed by atoms with Gasteiger partial charge in [-0.2, -0.15) is 5.26 Å². The maximum atomic E-state index is 13.2. The number of hydrogen-bond donors (Lipinski definition) is 2. The van der Waals surface area contributed by atoms with Crippen LogP contribution in [0.25, 0.3) is 0 Å². The predicted molar refractivity (Wildman–Crippen MR) is 74.0 cm³/mol. The zero-order chi connectivity index (χ0) is 14.4. The van der Waals surface area contributed by atoms with Crippen LogP contribution in [0.3, 0.4) is 0 Å². The van der Waals surface area contributed by atoms with Gasteiger partial charge in [-0.3, -0.25) is 0 Å². The van der Waals surface area contributed by atoms with E-state index in [1.807, 2.05) is 30.3 Å². The van der Waals surface area contributed by atoms with Crippen molar-refractivity contribution in [3.8, 4) is 6.07 Å². The molecule has 0 saturated carbocycles. The Morgan fingerprint density at radius 3 is 2.25 bits per heavy atom. The average molecular weight is 270 g/mol. The van der Waals surface area contributed by atoms with Gasteiger partial charge in [0.15, 0.2) is 0 Å². The SMILES string of the molecule is N#Cc1cc(CNCc2ccc(CO)cc2)ccc1F. The van der Waals surface area contributed by atoms with Gasteiger partial charge in [-0.05, 0) is 28.8 Å². The van der Waals surface area contributed by atoms with Crippen LogP contribution in [0.4, 0.5) is 4.39 Å². The van der Waals surface area contributed by atoms with E-state index in [1.165, 1.54) is 6.07 Å². The molecule has 4 heteroatoms. The molecule has 0 saturated heterocycles. The molecule has 20 heavy (non-hydrogen) atoms. The van der Waals surface area contributed by atoms with Crippen LogP contribution in [0.1, 0.15) is 22.3 Å². The highest BCUT2D eigenvalue weighted by Gasteiger charge is 2.02. The number of aliphatic hydroxyl groups excluding tert-OH is 1. The highest BCUT2D eigenvalue weighted by atomic mass is 19.1. The van der Waals surface area contributed by atoms with E-state index in [1.54, 1.807) is 12.1 Å². The lowest BCUT2D eigenvalue weighted by molar-refractivity contribution is 0.282. The molecule has 102 valence electrons. The molecule has 2 N–H and O–H groups in total. The molecule has 2 rings (SSSR count). The second-order valence-corrected chi connectivity index (χ2v) is 4.50. The van der Waals surface area contributed by atoms with E-state index < -0.39 is 5.82 Å². The topological polar surface area (TPSA) is 56.0 Å². The van der Waals surface area contributed by atoms with Crippen molar-refractivity contribution in [3.63, 3.8) is 0 Å². The minimum Gasteiger partial charge on any atom is -0.392 e. The van der Waals surface area contributed by atoms with Gasteiger partial charge in [0.1, 0.15) is 11.9 Å². The Bertz CT molecular complexity index is 617. The molecule has 0 aromatic heterocycles. The maximum absolute atomic E-state index is 13.2. The number of aliphatic hydroxyl groups is 1. The smallest absolute Gasteiger partial charge is 0.140 e. The lowest BCUT2D eigenvalue weighted by atomic mass is 10.1. The van der Waals surface area contributed by atoms with Crippen LogP contribution in [0, 0.1) is 17.1 Å². The predicted octanol–water partition coefficient (Wildman–Crippen LogP) is 2.48. The van der Waals surface area contributed by atoms with E-state index >= 15 is 0 Å². The first-order valence-electron chi connectivity index (χ1n) is 6.31. The first kappa shape index (κ1) is 14.2. The van der Waals surface area contributed by atoms with E-state index in [0.29, 0.717) is 13.1 Å². The van der Waals surface area contributed by atoms with Crippen molar-refractivity contribution < 1.29 is 9.50 Å². The van der Waals surface area contributed by atoms with E-state index in [9.17, 15) is 4.39 Å². The quantitative estimate of drug-likeness (QED) is 0.877. The minimum absolute atomic E-state index is 0.0419. The van der Waals surface area contributed by atoms with Gasteiger partial charge >= 0.3 is 0 Å². The zero-order valence-electron chi connectivity index (χ0n) is 10.9. The summed E-state index contributed by atoms with van der Waals surface area (Å²) in [6.45, 7) is 1.28. The third kappa shape index (κ3) is 3.64. The van der Waals surface area contributed by atoms with Crippen LogP contribution >= 0.6 is 0 Å². The van der Waals surface area contributed by atoms with Crippen molar-refractivity contribution >= 4 is 0 Å². The van der Waals surface area contributed by atoms with Gasteiger partial charge < -0.3 is 10.4 Å². The normalized spacial score (nSPS) is 10.2. The van der Waals surface area contributed by atoms with Crippen molar-refractivity contribution in [1.29, 1.82) is 5.26 Å². The van der Waals surface area contributed by atoms with Gasteiger partial charge in [0.2, 0.25) is 0 Å². The van der Waals surface area contributed by atoms with Gasteiger partial charge in [-0.1, -0.05) is 30.3 Å². The van der Waals surface area contributed by atoms with Crippen molar-refractivity contribution in [2.75, 3.05) is 0 Å². The first-order chi connectivity index (χ1) is 9.72. The average Bonchev–Trinajstić information content (AvgIpc) is 2.49. The van der Waals surface area contributed by atoms with Crippen LogP contribution in [0.5, 0.6) is 0 Å². The second-order valence-electron chi connectivity index (χ2n) is 4.50. The fourth-order valence-corrected chi connectivity index (χ4v) is 1.88. The molecule has 0 radical (unpaired) electrons. The Morgan fingerprint density at radius 2 is 1.60 bits per heavy atom. The summed E-state index contributed by atoms with van der Waals surface area (Å²) < 4.78 is 13.2. The molecule has 3 nitrogen and oxygen atoms in total. The van der Waals surface area contributed by atoms with Crippen LogP contribution in [-0.4, -0.2) is 5.11 Å². The summed E-state index contributed by atoms with van der Waals surface area (Å²) in [4.78, 5) is 0. The highest BCUT2D eigenvalue weighted by molar-refractivity contribution is 5.34. The van der Waals surface area contributed by atoms with Crippen LogP contribution in [-0.2, 0) is 19.7 Å². The first-order valence-corrected chi connectivity index (χ1v) is 6.31. The summed E-state index contributed by atoms with van der Waals surface area (Å²) in [7, 11) is 0. The standard InChI is InChI=1S/C16H15FN2O/c17-16-6-5-14(7-15(16)8-18)10-19-9-12-1-3-13(11-20)4-2-12/h1-7,19-20H,9-11H2. The van der Waals surface area contributed by atoms with Gasteiger partial charge in [0.05, 0.1) is 12.2 Å². The summed E-state index contributed by atoms with van der Waals surface area (Å²) in [5, 5.41) is 20.9. The molecule has 0 fully saturated rings. The molecular weight excluding hydrogens is 255 g/mol. The van der Waals surface area contributed by atoms with Crippen LogP contribution in [0.15, 0.2) is 42.5 Å². The summed E-state index contributed by atoms with van der Waals surface area (Å²) in [6, 6.07) is 14.0. The van der Waals surface area contributed by atoms with Crippen molar-refractivity contribution in [2.45, 2.75) is 19.7 Å². The molecule has 0 aliphatic carbocycles. The van der Waals surface area contributed by atoms with E-state index in [4.69, 9.17) is 10.4 Å². The van der Waals surface area contributed by atoms with Crippen molar-refractivity contribution in [1.82, 2.24) is 5.32 Å². The molecular formula is C16H15FN2O. The van der Waals surface area contributed by atoms with Crippen molar-refractivity contribution in [3.05, 3.63) is 70.5 Å². The number of halogens is 1. The molecule has 0 aliphatic heterocycles. The Hall–Kier alpha value is -2.22. The van der Waals surface area contributed by atoms with E-state index in [2.05, 4.69) is 5.32 Å². The molecule has 0 heterocycles. The fourth-order valence-electron chi connectivity index (χ4n) is 1.88. The molecule has 0 atom stereocenters. The number of rotatable bonds is 5. The lowest BCUT2D eigenvalue weighted by Gasteiger charge is -2.06. The Kier molecular flexibility index (Phi) is 4.83. The third-order valence-electron chi connectivity index (χ3n) is 3.02. The molecule has 0 amide bonds. The zero-order valence-corrected chi connectivity index (χ0v) is 10.9. The van der Waals surface area contributed by atoms with Crippen LogP contribution in [0.2, 0.25) is 0 Å². The number of hydrogen-bond acceptors (Lipinski definition) is 3. The lowest BCUT2D eigenvalue weighted by Crippen LogP contribution is -2.12. The minimum atomic E-state index is -0.490. The summed E-state index contributed by atoms with van der Waals surface area (Å²) in [6.07, 6.45) is 0. The number of nitrogens with zero attached hydrogens (tertiary/aromatic N) is 1. The largest absolute Gasteiger partial charge is 0.392 e. The summed E-state index contributed by atoms with van der Waals surface area (Å²) in [5.74, 6) is -0.490. The maximum Gasteiger partial charge on any atom is 0.140 e. The number of nitriles is 1. The summed E-state index contributed by atoms with van der Waals surface area (Å²) >= 11 is 0. The van der Waals surface area contributed by atoms with Gasteiger partial charge in [-0.25, -0.2) is 4.39 Å². The summed E-state index contributed by atoms with van der Waals surface area (Å²) in [5.41, 5.74) is 2.92. The number of nitrogens with one attached hydrogen (secondary N) is 1. The third-order valence-corrected chi connectivity index (χ3v) is 3.02. The Labute approximate surface area is 117 Å². The molecule has 2 aromatic rings. The van der Waals surface area contributed by atoms with Crippen molar-refractivity contribution in [2.24, 2.45) is 0 Å². The Morgan fingerprint density at radius 1 is 1.00 bits per heavy atom. The van der Waals surface area contributed by atoms with E-state index in [-0.39, 0.29) is 12.2 Å². The molecule has 0 aliphatic rings. The molecule has 2 aromatic carbocycles. The van der Waals surface area contributed by atoms with Crippen LogP contribution < -0.4 is 5.32 Å². The number of benzene rings is 2. The second kappa shape index (κ2) is 6.80. The van der Waals surface area contributed by atoms with Gasteiger partial charge in [-0.15, -0.1) is 0 Å². The highest BCUT2D eigenvalue weighted by Crippen LogP contribution is 2.10. The molecule has 0 spiro atoms. The fraction of sp³-hybridized carbons (Fsp3) is 0.188.